The number of hydrogen-bond acceptors (Lipinski definition) is 3. The van der Waals surface area contributed by atoms with Gasteiger partial charge < -0.3 is 0 Å². The van der Waals surface area contributed by atoms with Crippen LogP contribution in [-0.2, 0) is 0 Å². The third kappa shape index (κ3) is 4.82. The van der Waals surface area contributed by atoms with E-state index in [1.165, 1.54) is 38.5 Å². The Morgan fingerprint density at radius 3 is 1.93 bits per heavy atom. The van der Waals surface area contributed by atoms with Gasteiger partial charge in [0.25, 0.3) is 0 Å². The van der Waals surface area contributed by atoms with Crippen LogP contribution in [0, 0.1) is 17.8 Å². The van der Waals surface area contributed by atoms with Crippen molar-refractivity contribution < 1.29 is 0 Å². The molecule has 1 fully saturated rings. The van der Waals surface area contributed by atoms with E-state index in [-0.39, 0.29) is 0 Å². The summed E-state index contributed by atoms with van der Waals surface area (Å²) >= 11 is 13.1. The van der Waals surface area contributed by atoms with Gasteiger partial charge in [0.15, 0.2) is 0 Å². The average Bonchev–Trinajstić information content (AvgIpc) is 2.23. The molecule has 3 atom stereocenters. The maximum absolute atomic E-state index is 4.39. The summed E-state index contributed by atoms with van der Waals surface area (Å²) in [5, 5.41) is 0. The van der Waals surface area contributed by atoms with Crippen molar-refractivity contribution in [2.45, 2.75) is 38.5 Å². The normalized spacial score (nSPS) is 31.8. The third-order valence-corrected chi connectivity index (χ3v) is 4.56. The van der Waals surface area contributed by atoms with Crippen molar-refractivity contribution >= 4 is 37.9 Å². The van der Waals surface area contributed by atoms with Crippen LogP contribution in [-0.4, -0.2) is 17.3 Å². The average molecular weight is 265 g/mol. The summed E-state index contributed by atoms with van der Waals surface area (Å²) in [5.41, 5.74) is 0. The number of rotatable bonds is 6. The van der Waals surface area contributed by atoms with Gasteiger partial charge >= 0.3 is 0 Å². The molecule has 1 rings (SSSR count). The van der Waals surface area contributed by atoms with E-state index >= 15 is 0 Å². The molecular weight excluding hydrogens is 240 g/mol. The lowest BCUT2D eigenvalue weighted by Crippen LogP contribution is -2.26. The minimum absolute atomic E-state index is 0.910. The molecule has 3 heteroatoms. The van der Waals surface area contributed by atoms with E-state index in [1.807, 2.05) is 0 Å². The van der Waals surface area contributed by atoms with Crippen molar-refractivity contribution in [1.29, 1.82) is 0 Å². The van der Waals surface area contributed by atoms with Gasteiger partial charge in [0.1, 0.15) is 0 Å². The summed E-state index contributed by atoms with van der Waals surface area (Å²) in [6, 6.07) is 0. The molecule has 0 aliphatic heterocycles. The maximum atomic E-state index is 4.39. The van der Waals surface area contributed by atoms with Crippen molar-refractivity contribution in [3.8, 4) is 0 Å². The van der Waals surface area contributed by atoms with E-state index in [0.717, 1.165) is 35.0 Å². The Labute approximate surface area is 111 Å². The molecule has 0 radical (unpaired) electrons. The van der Waals surface area contributed by atoms with Gasteiger partial charge in [-0.05, 0) is 67.1 Å². The second-order valence-electron chi connectivity index (χ2n) is 4.74. The van der Waals surface area contributed by atoms with Crippen LogP contribution in [0.2, 0.25) is 0 Å². The minimum atomic E-state index is 0.910. The molecule has 1 aliphatic carbocycles. The number of hydrogen-bond donors (Lipinski definition) is 3. The van der Waals surface area contributed by atoms with Gasteiger partial charge in [0, 0.05) is 0 Å². The van der Waals surface area contributed by atoms with E-state index in [0.29, 0.717) is 0 Å². The lowest BCUT2D eigenvalue weighted by atomic mass is 9.71. The second-order valence-corrected chi connectivity index (χ2v) is 6.08. The van der Waals surface area contributed by atoms with Crippen LogP contribution in [0.15, 0.2) is 0 Å². The third-order valence-electron chi connectivity index (χ3n) is 3.79. The highest BCUT2D eigenvalue weighted by Gasteiger charge is 2.28. The van der Waals surface area contributed by atoms with Crippen molar-refractivity contribution in [1.82, 2.24) is 0 Å². The summed E-state index contributed by atoms with van der Waals surface area (Å²) in [5.74, 6) is 5.91. The molecule has 0 saturated heterocycles. The summed E-state index contributed by atoms with van der Waals surface area (Å²) in [7, 11) is 0. The van der Waals surface area contributed by atoms with Crippen molar-refractivity contribution in [3.63, 3.8) is 0 Å². The Morgan fingerprint density at radius 2 is 1.33 bits per heavy atom. The number of thiol groups is 3. The zero-order valence-electron chi connectivity index (χ0n) is 9.44. The molecule has 1 saturated carbocycles. The standard InChI is InChI=1S/C12H24S3/c13-6-3-10-1-2-11(4-7-14)12(9-10)5-8-15/h10-15H,1-9H2. The first kappa shape index (κ1) is 14.1. The smallest absolute Gasteiger partial charge is 0.00952 e. The van der Waals surface area contributed by atoms with Gasteiger partial charge in [-0.1, -0.05) is 6.42 Å². The van der Waals surface area contributed by atoms with E-state index in [1.54, 1.807) is 0 Å². The molecule has 15 heavy (non-hydrogen) atoms. The van der Waals surface area contributed by atoms with E-state index < -0.39 is 0 Å². The predicted molar refractivity (Wildman–Crippen MR) is 79.7 cm³/mol. The molecule has 0 N–H and O–H groups in total. The lowest BCUT2D eigenvalue weighted by Gasteiger charge is -2.36. The molecule has 0 heterocycles. The highest BCUT2D eigenvalue weighted by atomic mass is 32.1. The van der Waals surface area contributed by atoms with Gasteiger partial charge in [-0.3, -0.25) is 0 Å². The second kappa shape index (κ2) is 8.19. The Bertz CT molecular complexity index is 161. The first-order chi connectivity index (χ1) is 7.31. The topological polar surface area (TPSA) is 0 Å². The first-order valence-electron chi connectivity index (χ1n) is 6.14. The summed E-state index contributed by atoms with van der Waals surface area (Å²) in [6.45, 7) is 0. The summed E-state index contributed by atoms with van der Waals surface area (Å²) in [6.07, 6.45) is 8.15. The van der Waals surface area contributed by atoms with Gasteiger partial charge in [0.05, 0.1) is 0 Å². The Hall–Kier alpha value is 1.05. The van der Waals surface area contributed by atoms with E-state index in [4.69, 9.17) is 0 Å². The molecule has 0 amide bonds. The van der Waals surface area contributed by atoms with Crippen molar-refractivity contribution in [2.24, 2.45) is 17.8 Å². The highest BCUT2D eigenvalue weighted by molar-refractivity contribution is 7.80. The molecule has 0 spiro atoms. The van der Waals surface area contributed by atoms with Gasteiger partial charge in [0.2, 0.25) is 0 Å². The monoisotopic (exact) mass is 264 g/mol. The van der Waals surface area contributed by atoms with Crippen LogP contribution < -0.4 is 0 Å². The van der Waals surface area contributed by atoms with Crippen LogP contribution >= 0.6 is 37.9 Å². The van der Waals surface area contributed by atoms with E-state index in [2.05, 4.69) is 37.9 Å². The zero-order chi connectivity index (χ0) is 11.1. The molecular formula is C12H24S3. The fraction of sp³-hybridized carbons (Fsp3) is 1.00. The van der Waals surface area contributed by atoms with Gasteiger partial charge in [-0.15, -0.1) is 0 Å². The highest BCUT2D eigenvalue weighted by Crippen LogP contribution is 2.39. The maximum Gasteiger partial charge on any atom is -0.00952 e. The Kier molecular flexibility index (Phi) is 7.70. The van der Waals surface area contributed by atoms with Crippen molar-refractivity contribution in [3.05, 3.63) is 0 Å². The SMILES string of the molecule is SCCC1CCC(CCS)C(CCS)C1. The van der Waals surface area contributed by atoms with Gasteiger partial charge in [-0.2, -0.15) is 37.9 Å². The Morgan fingerprint density at radius 1 is 0.733 bits per heavy atom. The fourth-order valence-electron chi connectivity index (χ4n) is 2.93. The molecule has 1 aliphatic rings. The molecule has 90 valence electrons. The molecule has 0 bridgehead atoms. The predicted octanol–water partition coefficient (Wildman–Crippen LogP) is 3.98. The minimum Gasteiger partial charge on any atom is -0.179 e. The summed E-state index contributed by atoms with van der Waals surface area (Å²) < 4.78 is 0. The summed E-state index contributed by atoms with van der Waals surface area (Å²) in [4.78, 5) is 0. The van der Waals surface area contributed by atoms with Gasteiger partial charge in [-0.25, -0.2) is 0 Å². The molecule has 0 nitrogen and oxygen atoms in total. The molecule has 3 unspecified atom stereocenters. The van der Waals surface area contributed by atoms with Crippen LogP contribution in [0.3, 0.4) is 0 Å². The van der Waals surface area contributed by atoms with Crippen molar-refractivity contribution in [2.75, 3.05) is 17.3 Å². The quantitative estimate of drug-likeness (QED) is 0.594. The molecule has 0 aromatic carbocycles. The fourth-order valence-corrected chi connectivity index (χ4v) is 3.96. The first-order valence-corrected chi connectivity index (χ1v) is 8.04. The van der Waals surface area contributed by atoms with Crippen LogP contribution in [0.25, 0.3) is 0 Å². The van der Waals surface area contributed by atoms with Crippen LogP contribution in [0.1, 0.15) is 38.5 Å². The van der Waals surface area contributed by atoms with Crippen LogP contribution in [0.5, 0.6) is 0 Å². The van der Waals surface area contributed by atoms with Crippen LogP contribution in [0.4, 0.5) is 0 Å². The van der Waals surface area contributed by atoms with E-state index in [9.17, 15) is 0 Å². The molecule has 0 aromatic heterocycles. The largest absolute Gasteiger partial charge is 0.179 e. The Balaban J connectivity index is 2.41. The lowest BCUT2D eigenvalue weighted by molar-refractivity contribution is 0.169. The zero-order valence-corrected chi connectivity index (χ0v) is 12.1. The molecule has 0 aromatic rings.